The summed E-state index contributed by atoms with van der Waals surface area (Å²) in [7, 11) is 3.77. The van der Waals surface area contributed by atoms with Crippen molar-refractivity contribution in [1.82, 2.24) is 9.88 Å². The van der Waals surface area contributed by atoms with Gasteiger partial charge in [0.1, 0.15) is 0 Å². The topological polar surface area (TPSA) is 37.2 Å². The lowest BCUT2D eigenvalue weighted by atomic mass is 10.2. The second kappa shape index (κ2) is 3.55. The number of aryl methyl sites for hydroxylation is 1. The van der Waals surface area contributed by atoms with Gasteiger partial charge in [-0.2, -0.15) is 0 Å². The van der Waals surface area contributed by atoms with Crippen molar-refractivity contribution in [3.05, 3.63) is 24.0 Å². The first-order chi connectivity index (χ1) is 5.24. The van der Waals surface area contributed by atoms with Crippen molar-refractivity contribution in [3.8, 4) is 0 Å². The summed E-state index contributed by atoms with van der Waals surface area (Å²) in [5.41, 5.74) is 0.960. The summed E-state index contributed by atoms with van der Waals surface area (Å²) in [6.07, 6.45) is 3.46. The van der Waals surface area contributed by atoms with E-state index in [-0.39, 0.29) is 6.10 Å². The van der Waals surface area contributed by atoms with Crippen LogP contribution in [-0.2, 0) is 7.05 Å². The van der Waals surface area contributed by atoms with Crippen LogP contribution in [0.15, 0.2) is 18.5 Å². The number of likely N-dealkylation sites (N-methyl/N-ethyl adjacent to an activating group) is 1. The maximum atomic E-state index is 9.46. The number of rotatable bonds is 3. The SMILES string of the molecule is CNCC(O)c1ccn(C)c1. The number of hydrogen-bond donors (Lipinski definition) is 2. The Kier molecular flexibility index (Phi) is 2.68. The molecular weight excluding hydrogens is 140 g/mol. The summed E-state index contributed by atoms with van der Waals surface area (Å²) in [6.45, 7) is 0.601. The first kappa shape index (κ1) is 8.30. The predicted octanol–water partition coefficient (Wildman–Crippen LogP) is 0.278. The first-order valence-electron chi connectivity index (χ1n) is 3.68. The van der Waals surface area contributed by atoms with Gasteiger partial charge < -0.3 is 15.0 Å². The molecule has 0 radical (unpaired) electrons. The fourth-order valence-electron chi connectivity index (χ4n) is 1.03. The standard InChI is InChI=1S/C8H14N2O/c1-9-5-8(11)7-3-4-10(2)6-7/h3-4,6,8-9,11H,5H2,1-2H3. The molecule has 3 heteroatoms. The lowest BCUT2D eigenvalue weighted by molar-refractivity contribution is 0.178. The average Bonchev–Trinajstić information content (AvgIpc) is 2.36. The smallest absolute Gasteiger partial charge is 0.0928 e. The van der Waals surface area contributed by atoms with E-state index in [1.807, 2.05) is 37.1 Å². The van der Waals surface area contributed by atoms with E-state index in [2.05, 4.69) is 5.32 Å². The van der Waals surface area contributed by atoms with Gasteiger partial charge in [-0.25, -0.2) is 0 Å². The highest BCUT2D eigenvalue weighted by Crippen LogP contribution is 2.10. The molecule has 0 aliphatic heterocycles. The Morgan fingerprint density at radius 2 is 2.45 bits per heavy atom. The largest absolute Gasteiger partial charge is 0.387 e. The van der Waals surface area contributed by atoms with E-state index >= 15 is 0 Å². The number of aliphatic hydroxyl groups is 1. The Morgan fingerprint density at radius 1 is 1.73 bits per heavy atom. The first-order valence-corrected chi connectivity index (χ1v) is 3.68. The van der Waals surface area contributed by atoms with Crippen molar-refractivity contribution < 1.29 is 5.11 Å². The van der Waals surface area contributed by atoms with Crippen LogP contribution in [0, 0.1) is 0 Å². The van der Waals surface area contributed by atoms with Crippen molar-refractivity contribution in [3.63, 3.8) is 0 Å². The zero-order valence-electron chi connectivity index (χ0n) is 6.91. The third-order valence-electron chi connectivity index (χ3n) is 1.64. The number of nitrogens with one attached hydrogen (secondary N) is 1. The van der Waals surface area contributed by atoms with Crippen LogP contribution in [0.5, 0.6) is 0 Å². The Labute approximate surface area is 66.7 Å². The van der Waals surface area contributed by atoms with Crippen LogP contribution in [0.2, 0.25) is 0 Å². The van der Waals surface area contributed by atoms with Gasteiger partial charge in [0, 0.05) is 26.0 Å². The second-order valence-corrected chi connectivity index (χ2v) is 2.68. The van der Waals surface area contributed by atoms with Crippen molar-refractivity contribution in [1.29, 1.82) is 0 Å². The quantitative estimate of drug-likeness (QED) is 0.656. The molecule has 0 fully saturated rings. The third-order valence-corrected chi connectivity index (χ3v) is 1.64. The van der Waals surface area contributed by atoms with E-state index in [0.717, 1.165) is 5.56 Å². The monoisotopic (exact) mass is 154 g/mol. The summed E-state index contributed by atoms with van der Waals surface area (Å²) in [5, 5.41) is 12.4. The van der Waals surface area contributed by atoms with Gasteiger partial charge in [-0.05, 0) is 18.7 Å². The van der Waals surface area contributed by atoms with Crippen molar-refractivity contribution >= 4 is 0 Å². The molecule has 1 aromatic heterocycles. The molecule has 1 rings (SSSR count). The number of hydrogen-bond acceptors (Lipinski definition) is 2. The molecule has 0 amide bonds. The van der Waals surface area contributed by atoms with Gasteiger partial charge in [0.05, 0.1) is 6.10 Å². The molecule has 0 saturated carbocycles. The van der Waals surface area contributed by atoms with Gasteiger partial charge in [-0.15, -0.1) is 0 Å². The summed E-state index contributed by atoms with van der Waals surface area (Å²) < 4.78 is 1.92. The van der Waals surface area contributed by atoms with Crippen LogP contribution < -0.4 is 5.32 Å². The highest BCUT2D eigenvalue weighted by molar-refractivity contribution is 5.13. The minimum Gasteiger partial charge on any atom is -0.387 e. The maximum Gasteiger partial charge on any atom is 0.0928 e. The van der Waals surface area contributed by atoms with Crippen molar-refractivity contribution in [2.75, 3.05) is 13.6 Å². The number of aliphatic hydroxyl groups excluding tert-OH is 1. The van der Waals surface area contributed by atoms with Gasteiger partial charge in [0.15, 0.2) is 0 Å². The van der Waals surface area contributed by atoms with E-state index in [4.69, 9.17) is 0 Å². The van der Waals surface area contributed by atoms with Crippen LogP contribution in [-0.4, -0.2) is 23.3 Å². The Hall–Kier alpha value is -0.800. The molecule has 3 nitrogen and oxygen atoms in total. The number of aromatic nitrogens is 1. The summed E-state index contributed by atoms with van der Waals surface area (Å²) in [5.74, 6) is 0. The fraction of sp³-hybridized carbons (Fsp3) is 0.500. The average molecular weight is 154 g/mol. The molecule has 2 N–H and O–H groups in total. The van der Waals surface area contributed by atoms with E-state index < -0.39 is 0 Å². The maximum absolute atomic E-state index is 9.46. The van der Waals surface area contributed by atoms with E-state index in [0.29, 0.717) is 6.54 Å². The molecule has 0 aromatic carbocycles. The molecular formula is C8H14N2O. The van der Waals surface area contributed by atoms with Gasteiger partial charge >= 0.3 is 0 Å². The summed E-state index contributed by atoms with van der Waals surface area (Å²) >= 11 is 0. The second-order valence-electron chi connectivity index (χ2n) is 2.68. The van der Waals surface area contributed by atoms with Crippen LogP contribution >= 0.6 is 0 Å². The molecule has 0 aliphatic rings. The van der Waals surface area contributed by atoms with Gasteiger partial charge in [-0.3, -0.25) is 0 Å². The van der Waals surface area contributed by atoms with E-state index in [9.17, 15) is 5.11 Å². The molecule has 0 spiro atoms. The van der Waals surface area contributed by atoms with Gasteiger partial charge in [0.25, 0.3) is 0 Å². The molecule has 0 aliphatic carbocycles. The van der Waals surface area contributed by atoms with Crippen LogP contribution in [0.4, 0.5) is 0 Å². The summed E-state index contributed by atoms with van der Waals surface area (Å²) in [4.78, 5) is 0. The molecule has 0 bridgehead atoms. The molecule has 1 atom stereocenters. The minimum atomic E-state index is -0.388. The predicted molar refractivity (Wildman–Crippen MR) is 44.3 cm³/mol. The highest BCUT2D eigenvalue weighted by Gasteiger charge is 2.05. The highest BCUT2D eigenvalue weighted by atomic mass is 16.3. The van der Waals surface area contributed by atoms with E-state index in [1.165, 1.54) is 0 Å². The molecule has 1 heterocycles. The number of nitrogens with zero attached hydrogens (tertiary/aromatic N) is 1. The Morgan fingerprint density at radius 3 is 2.91 bits per heavy atom. The Bertz CT molecular complexity index is 220. The minimum absolute atomic E-state index is 0.388. The van der Waals surface area contributed by atoms with Crippen molar-refractivity contribution in [2.45, 2.75) is 6.10 Å². The zero-order valence-corrected chi connectivity index (χ0v) is 6.91. The van der Waals surface area contributed by atoms with Crippen LogP contribution in [0.25, 0.3) is 0 Å². The third kappa shape index (κ3) is 2.06. The molecule has 0 saturated heterocycles. The van der Waals surface area contributed by atoms with Gasteiger partial charge in [-0.1, -0.05) is 0 Å². The molecule has 1 unspecified atom stereocenters. The van der Waals surface area contributed by atoms with Gasteiger partial charge in [0.2, 0.25) is 0 Å². The fourth-order valence-corrected chi connectivity index (χ4v) is 1.03. The van der Waals surface area contributed by atoms with E-state index in [1.54, 1.807) is 0 Å². The lowest BCUT2D eigenvalue weighted by Gasteiger charge is -2.06. The zero-order chi connectivity index (χ0) is 8.27. The Balaban J connectivity index is 2.60. The molecule has 11 heavy (non-hydrogen) atoms. The van der Waals surface area contributed by atoms with Crippen LogP contribution in [0.3, 0.4) is 0 Å². The normalized spacial score (nSPS) is 13.4. The van der Waals surface area contributed by atoms with Crippen LogP contribution in [0.1, 0.15) is 11.7 Å². The molecule has 62 valence electrons. The van der Waals surface area contributed by atoms with Crippen molar-refractivity contribution in [2.24, 2.45) is 7.05 Å². The lowest BCUT2D eigenvalue weighted by Crippen LogP contribution is -2.16. The molecule has 1 aromatic rings. The summed E-state index contributed by atoms with van der Waals surface area (Å²) in [6, 6.07) is 1.92.